The fourth-order valence-corrected chi connectivity index (χ4v) is 3.14. The Kier molecular flexibility index (Phi) is 6.12. The molecule has 2 aromatic rings. The molecule has 134 valence electrons. The van der Waals surface area contributed by atoms with Gasteiger partial charge in [0.25, 0.3) is 0 Å². The van der Waals surface area contributed by atoms with Crippen LogP contribution in [0.2, 0.25) is 0 Å². The van der Waals surface area contributed by atoms with Crippen LogP contribution in [-0.4, -0.2) is 17.6 Å². The van der Waals surface area contributed by atoms with Crippen molar-refractivity contribution in [1.29, 1.82) is 0 Å². The maximum absolute atomic E-state index is 14.3. The summed E-state index contributed by atoms with van der Waals surface area (Å²) in [6.45, 7) is 6.66. The van der Waals surface area contributed by atoms with E-state index in [1.165, 1.54) is 12.1 Å². The quantitative estimate of drug-likeness (QED) is 0.854. The molecule has 0 atom stereocenters. The highest BCUT2D eigenvalue weighted by atomic mass is 19.1. The van der Waals surface area contributed by atoms with Gasteiger partial charge in [0.2, 0.25) is 0 Å². The molecule has 0 amide bonds. The highest BCUT2D eigenvalue weighted by Crippen LogP contribution is 2.35. The van der Waals surface area contributed by atoms with E-state index >= 15 is 0 Å². The molecule has 0 saturated heterocycles. The molecule has 5 heteroatoms. The van der Waals surface area contributed by atoms with Crippen LogP contribution in [0, 0.1) is 18.6 Å². The molecule has 0 aromatic heterocycles. The van der Waals surface area contributed by atoms with Crippen LogP contribution in [0.25, 0.3) is 0 Å². The Morgan fingerprint density at radius 2 is 1.84 bits per heavy atom. The number of rotatable bonds is 3. The van der Waals surface area contributed by atoms with Gasteiger partial charge in [-0.3, -0.25) is 0 Å². The van der Waals surface area contributed by atoms with Crippen molar-refractivity contribution in [2.75, 3.05) is 11.4 Å². The zero-order chi connectivity index (χ0) is 18.6. The van der Waals surface area contributed by atoms with Gasteiger partial charge in [0, 0.05) is 13.1 Å². The zero-order valence-electron chi connectivity index (χ0n) is 14.8. The first kappa shape index (κ1) is 18.9. The fourth-order valence-electron chi connectivity index (χ4n) is 3.14. The number of benzene rings is 2. The molecule has 1 aliphatic rings. The van der Waals surface area contributed by atoms with Crippen molar-refractivity contribution in [3.8, 4) is 0 Å². The summed E-state index contributed by atoms with van der Waals surface area (Å²) in [5.74, 6) is -2.25. The maximum atomic E-state index is 14.3. The third-order valence-corrected chi connectivity index (χ3v) is 4.19. The molecular formula is C20H23F2NO2. The molecule has 0 radical (unpaired) electrons. The van der Waals surface area contributed by atoms with E-state index < -0.39 is 11.8 Å². The van der Waals surface area contributed by atoms with E-state index in [1.807, 2.05) is 18.7 Å². The van der Waals surface area contributed by atoms with E-state index in [4.69, 9.17) is 0 Å². The molecule has 0 aliphatic carbocycles. The van der Waals surface area contributed by atoms with Crippen LogP contribution in [0.1, 0.15) is 47.3 Å². The summed E-state index contributed by atoms with van der Waals surface area (Å²) in [5.41, 5.74) is 2.26. The number of carbonyl (C=O) groups is 1. The average Bonchev–Trinajstić information content (AvgIpc) is 2.60. The molecule has 25 heavy (non-hydrogen) atoms. The number of halogens is 2. The number of hydrogen-bond acceptors (Lipinski definition) is 2. The smallest absolute Gasteiger partial charge is 0.340 e. The zero-order valence-corrected chi connectivity index (χ0v) is 14.8. The van der Waals surface area contributed by atoms with Crippen molar-refractivity contribution in [2.45, 2.75) is 40.2 Å². The molecule has 0 unspecified atom stereocenters. The Morgan fingerprint density at radius 3 is 2.44 bits per heavy atom. The minimum Gasteiger partial charge on any atom is -0.478 e. The molecule has 3 nitrogen and oxygen atoms in total. The second kappa shape index (κ2) is 8.10. The Balaban J connectivity index is 0.00000109. The van der Waals surface area contributed by atoms with Gasteiger partial charge in [0.05, 0.1) is 5.69 Å². The van der Waals surface area contributed by atoms with Gasteiger partial charge in [0.15, 0.2) is 0 Å². The summed E-state index contributed by atoms with van der Waals surface area (Å²) in [6.07, 6.45) is 1.61. The molecule has 0 spiro atoms. The molecule has 0 fully saturated rings. The first-order valence-corrected chi connectivity index (χ1v) is 8.52. The number of hydrogen-bond donors (Lipinski definition) is 1. The molecule has 0 bridgehead atoms. The van der Waals surface area contributed by atoms with Gasteiger partial charge in [-0.1, -0.05) is 32.0 Å². The van der Waals surface area contributed by atoms with Crippen LogP contribution >= 0.6 is 0 Å². The van der Waals surface area contributed by atoms with Crippen molar-refractivity contribution in [3.63, 3.8) is 0 Å². The highest BCUT2D eigenvalue weighted by Gasteiger charge is 2.28. The van der Waals surface area contributed by atoms with E-state index in [0.717, 1.165) is 24.0 Å². The lowest BCUT2D eigenvalue weighted by atomic mass is 9.94. The van der Waals surface area contributed by atoms with Gasteiger partial charge in [-0.15, -0.1) is 0 Å². The summed E-state index contributed by atoms with van der Waals surface area (Å²) < 4.78 is 27.4. The van der Waals surface area contributed by atoms with Gasteiger partial charge in [-0.2, -0.15) is 0 Å². The normalized spacial score (nSPS) is 12.9. The summed E-state index contributed by atoms with van der Waals surface area (Å²) in [7, 11) is 0. The van der Waals surface area contributed by atoms with Crippen molar-refractivity contribution < 1.29 is 18.7 Å². The maximum Gasteiger partial charge on any atom is 0.340 e. The Morgan fingerprint density at radius 1 is 1.20 bits per heavy atom. The van der Waals surface area contributed by atoms with E-state index in [2.05, 4.69) is 0 Å². The van der Waals surface area contributed by atoms with Crippen LogP contribution in [0.4, 0.5) is 14.5 Å². The van der Waals surface area contributed by atoms with Crippen LogP contribution < -0.4 is 4.90 Å². The predicted molar refractivity (Wildman–Crippen MR) is 95.2 cm³/mol. The number of aromatic carboxylic acids is 1. The molecule has 1 heterocycles. The lowest BCUT2D eigenvalue weighted by molar-refractivity contribution is 0.0692. The van der Waals surface area contributed by atoms with Gasteiger partial charge in [0.1, 0.15) is 17.2 Å². The average molecular weight is 347 g/mol. The minimum atomic E-state index is -1.26. The standard InChI is InChI=1S/C18H17F2NO2.C2H6/c1-11-9-13-3-2-8-21(10-12-4-6-14(19)7-5-12)17(13)15(16(11)20)18(22)23;1-2/h4-7,9H,2-3,8,10H2,1H3,(H,22,23);1-2H3. The summed E-state index contributed by atoms with van der Waals surface area (Å²) >= 11 is 0. The number of nitrogens with zero attached hydrogens (tertiary/aromatic N) is 1. The van der Waals surface area contributed by atoms with Gasteiger partial charge >= 0.3 is 5.97 Å². The number of carboxylic acid groups (broad SMARTS) is 1. The largest absolute Gasteiger partial charge is 0.478 e. The summed E-state index contributed by atoms with van der Waals surface area (Å²) in [5, 5.41) is 9.45. The van der Waals surface area contributed by atoms with Crippen LogP contribution in [0.15, 0.2) is 30.3 Å². The summed E-state index contributed by atoms with van der Waals surface area (Å²) in [4.78, 5) is 13.4. The van der Waals surface area contributed by atoms with E-state index in [1.54, 1.807) is 25.1 Å². The molecule has 2 aromatic carbocycles. The molecule has 0 saturated carbocycles. The second-order valence-corrected chi connectivity index (χ2v) is 5.85. The molecule has 3 rings (SSSR count). The lowest BCUT2D eigenvalue weighted by Gasteiger charge is -2.33. The number of anilines is 1. The van der Waals surface area contributed by atoms with Crippen molar-refractivity contribution in [3.05, 3.63) is 64.2 Å². The number of carboxylic acids is 1. The van der Waals surface area contributed by atoms with Gasteiger partial charge < -0.3 is 10.0 Å². The van der Waals surface area contributed by atoms with Crippen molar-refractivity contribution in [2.24, 2.45) is 0 Å². The monoisotopic (exact) mass is 347 g/mol. The molecular weight excluding hydrogens is 324 g/mol. The Hall–Kier alpha value is -2.43. The highest BCUT2D eigenvalue weighted by molar-refractivity contribution is 5.96. The van der Waals surface area contributed by atoms with Crippen LogP contribution in [0.5, 0.6) is 0 Å². The number of fused-ring (bicyclic) bond motifs is 1. The first-order chi connectivity index (χ1) is 12.0. The SMILES string of the molecule is CC.Cc1cc2c(c(C(=O)O)c1F)N(Cc1ccc(F)cc1)CCC2. The summed E-state index contributed by atoms with van der Waals surface area (Å²) in [6, 6.07) is 7.79. The lowest BCUT2D eigenvalue weighted by Crippen LogP contribution is -2.31. The predicted octanol–water partition coefficient (Wildman–Crippen LogP) is 4.95. The van der Waals surface area contributed by atoms with Gasteiger partial charge in [-0.05, 0) is 48.6 Å². The fraction of sp³-hybridized carbons (Fsp3) is 0.350. The van der Waals surface area contributed by atoms with Crippen molar-refractivity contribution in [1.82, 2.24) is 0 Å². The minimum absolute atomic E-state index is 0.262. The van der Waals surface area contributed by atoms with Crippen molar-refractivity contribution >= 4 is 11.7 Å². The number of aryl methyl sites for hydroxylation is 2. The van der Waals surface area contributed by atoms with E-state index in [9.17, 15) is 18.7 Å². The second-order valence-electron chi connectivity index (χ2n) is 5.85. The molecule has 1 N–H and O–H groups in total. The third-order valence-electron chi connectivity index (χ3n) is 4.19. The van der Waals surface area contributed by atoms with Gasteiger partial charge in [-0.25, -0.2) is 13.6 Å². The third kappa shape index (κ3) is 3.98. The first-order valence-electron chi connectivity index (χ1n) is 8.52. The van der Waals surface area contributed by atoms with E-state index in [-0.39, 0.29) is 11.4 Å². The van der Waals surface area contributed by atoms with Crippen LogP contribution in [-0.2, 0) is 13.0 Å². The van der Waals surface area contributed by atoms with E-state index in [0.29, 0.717) is 24.3 Å². The van der Waals surface area contributed by atoms with Crippen LogP contribution in [0.3, 0.4) is 0 Å². The Bertz CT molecular complexity index is 757. The molecule has 1 aliphatic heterocycles. The Labute approximate surface area is 146 Å². The topological polar surface area (TPSA) is 40.5 Å².